The van der Waals surface area contributed by atoms with Gasteiger partial charge in [-0.1, -0.05) is 76.6 Å². The van der Waals surface area contributed by atoms with Crippen LogP contribution in [0.2, 0.25) is 0 Å². The van der Waals surface area contributed by atoms with Crippen LogP contribution in [-0.4, -0.2) is 0 Å². The van der Waals surface area contributed by atoms with Gasteiger partial charge in [-0.05, 0) is 45.3 Å². The Morgan fingerprint density at radius 3 is 1.78 bits per heavy atom. The molecule has 0 fully saturated rings. The van der Waals surface area contributed by atoms with Crippen LogP contribution in [0.4, 0.5) is 13.2 Å². The summed E-state index contributed by atoms with van der Waals surface area (Å²) in [4.78, 5) is 0. The standard InChI is InChI=1S/C14H10BrF3O.C7H7Br/c15-12-8-11(14(16,17)18)6-7-13(12)19-9-10-4-2-1-3-5-10;8-6-7-4-2-1-3-5-7/h1-8H,9H2;1-5H,6H2. The highest BCUT2D eigenvalue weighted by atomic mass is 79.9. The fraction of sp³-hybridized carbons (Fsp3) is 0.143. The molecule has 0 saturated carbocycles. The Morgan fingerprint density at radius 2 is 1.33 bits per heavy atom. The molecule has 0 aromatic heterocycles. The maximum absolute atomic E-state index is 12.5. The topological polar surface area (TPSA) is 9.23 Å². The summed E-state index contributed by atoms with van der Waals surface area (Å²) in [6.45, 7) is 0.310. The van der Waals surface area contributed by atoms with Crippen LogP contribution in [0.25, 0.3) is 0 Å². The van der Waals surface area contributed by atoms with E-state index in [0.717, 1.165) is 23.0 Å². The largest absolute Gasteiger partial charge is 0.488 e. The Balaban J connectivity index is 0.000000273. The average molecular weight is 502 g/mol. The number of rotatable bonds is 4. The molecule has 3 aromatic rings. The van der Waals surface area contributed by atoms with E-state index in [-0.39, 0.29) is 0 Å². The Hall–Kier alpha value is -1.79. The molecule has 0 heterocycles. The predicted octanol–water partition coefficient (Wildman–Crippen LogP) is 7.63. The number of hydrogen-bond acceptors (Lipinski definition) is 1. The first-order valence-electron chi connectivity index (χ1n) is 8.03. The Morgan fingerprint density at radius 1 is 0.778 bits per heavy atom. The van der Waals surface area contributed by atoms with Crippen LogP contribution in [0, 0.1) is 0 Å². The Bertz CT molecular complexity index is 822. The zero-order chi connectivity index (χ0) is 19.7. The van der Waals surface area contributed by atoms with Crippen molar-refractivity contribution in [3.8, 4) is 5.75 Å². The van der Waals surface area contributed by atoms with Crippen LogP contribution in [0.1, 0.15) is 16.7 Å². The highest BCUT2D eigenvalue weighted by Gasteiger charge is 2.30. The SMILES string of the molecule is BrCc1ccccc1.FC(F)(F)c1ccc(OCc2ccccc2)c(Br)c1. The summed E-state index contributed by atoms with van der Waals surface area (Å²) in [7, 11) is 0. The molecule has 3 rings (SSSR count). The molecule has 1 nitrogen and oxygen atoms in total. The maximum atomic E-state index is 12.5. The Kier molecular flexibility index (Phi) is 8.38. The summed E-state index contributed by atoms with van der Waals surface area (Å²) >= 11 is 6.45. The van der Waals surface area contributed by atoms with Crippen molar-refractivity contribution < 1.29 is 17.9 Å². The lowest BCUT2D eigenvalue weighted by molar-refractivity contribution is -0.137. The van der Waals surface area contributed by atoms with Gasteiger partial charge < -0.3 is 4.74 Å². The molecule has 0 radical (unpaired) electrons. The normalized spacial score (nSPS) is 10.7. The molecular formula is C21H17Br2F3O. The molecule has 0 N–H and O–H groups in total. The van der Waals surface area contributed by atoms with Crippen molar-refractivity contribution in [2.45, 2.75) is 18.1 Å². The highest BCUT2D eigenvalue weighted by Crippen LogP contribution is 2.35. The first kappa shape index (κ1) is 21.5. The molecule has 27 heavy (non-hydrogen) atoms. The monoisotopic (exact) mass is 500 g/mol. The van der Waals surface area contributed by atoms with Gasteiger partial charge in [0.2, 0.25) is 0 Å². The van der Waals surface area contributed by atoms with E-state index in [2.05, 4.69) is 44.0 Å². The van der Waals surface area contributed by atoms with Crippen LogP contribution in [-0.2, 0) is 18.1 Å². The van der Waals surface area contributed by atoms with Crippen LogP contribution in [0.3, 0.4) is 0 Å². The summed E-state index contributed by atoms with van der Waals surface area (Å²) in [5.74, 6) is 0.386. The smallest absolute Gasteiger partial charge is 0.416 e. The van der Waals surface area contributed by atoms with E-state index in [9.17, 15) is 13.2 Å². The molecule has 142 valence electrons. The molecule has 0 unspecified atom stereocenters. The van der Waals surface area contributed by atoms with E-state index in [1.807, 2.05) is 48.5 Å². The van der Waals surface area contributed by atoms with Gasteiger partial charge >= 0.3 is 6.18 Å². The van der Waals surface area contributed by atoms with Gasteiger partial charge in [0.05, 0.1) is 10.0 Å². The third-order valence-corrected chi connectivity index (χ3v) is 4.76. The second kappa shape index (κ2) is 10.5. The van der Waals surface area contributed by atoms with Crippen LogP contribution in [0.5, 0.6) is 5.75 Å². The lowest BCUT2D eigenvalue weighted by atomic mass is 10.2. The van der Waals surface area contributed by atoms with Crippen molar-refractivity contribution in [3.05, 3.63) is 100 Å². The fourth-order valence-electron chi connectivity index (χ4n) is 2.10. The number of alkyl halides is 4. The molecule has 0 aliphatic heterocycles. The maximum Gasteiger partial charge on any atom is 0.416 e. The zero-order valence-electron chi connectivity index (χ0n) is 14.2. The minimum Gasteiger partial charge on any atom is -0.488 e. The molecule has 0 spiro atoms. The first-order chi connectivity index (χ1) is 12.9. The van der Waals surface area contributed by atoms with Gasteiger partial charge in [0.15, 0.2) is 0 Å². The number of halogens is 5. The second-order valence-corrected chi connectivity index (χ2v) is 6.95. The minimum atomic E-state index is -4.35. The molecular weight excluding hydrogens is 485 g/mol. The van der Waals surface area contributed by atoms with Gasteiger partial charge in [0, 0.05) is 5.33 Å². The van der Waals surface area contributed by atoms with Gasteiger partial charge in [-0.25, -0.2) is 0 Å². The Labute approximate surface area is 173 Å². The molecule has 0 bridgehead atoms. The minimum absolute atomic E-state index is 0.290. The van der Waals surface area contributed by atoms with Gasteiger partial charge in [-0.15, -0.1) is 0 Å². The molecule has 0 amide bonds. The quantitative estimate of drug-likeness (QED) is 0.334. The second-order valence-electron chi connectivity index (χ2n) is 5.54. The van der Waals surface area contributed by atoms with E-state index >= 15 is 0 Å². The lowest BCUT2D eigenvalue weighted by Crippen LogP contribution is -2.05. The summed E-state index contributed by atoms with van der Waals surface area (Å²) in [6, 6.07) is 23.0. The molecule has 3 aromatic carbocycles. The van der Waals surface area contributed by atoms with Crippen molar-refractivity contribution in [1.29, 1.82) is 0 Å². The molecule has 0 saturated heterocycles. The lowest BCUT2D eigenvalue weighted by Gasteiger charge is -2.11. The third kappa shape index (κ3) is 7.39. The number of ether oxygens (including phenoxy) is 1. The van der Waals surface area contributed by atoms with E-state index in [4.69, 9.17) is 4.74 Å². The number of benzene rings is 3. The van der Waals surface area contributed by atoms with Gasteiger partial charge in [0.1, 0.15) is 12.4 Å². The zero-order valence-corrected chi connectivity index (χ0v) is 17.4. The summed E-state index contributed by atoms with van der Waals surface area (Å²) in [5.41, 5.74) is 1.58. The number of hydrogen-bond donors (Lipinski definition) is 0. The van der Waals surface area contributed by atoms with Gasteiger partial charge in [-0.3, -0.25) is 0 Å². The predicted molar refractivity (Wildman–Crippen MR) is 109 cm³/mol. The van der Waals surface area contributed by atoms with Gasteiger partial charge in [0.25, 0.3) is 0 Å². The van der Waals surface area contributed by atoms with Crippen molar-refractivity contribution in [2.75, 3.05) is 0 Å². The first-order valence-corrected chi connectivity index (χ1v) is 9.95. The summed E-state index contributed by atoms with van der Waals surface area (Å²) < 4.78 is 43.2. The van der Waals surface area contributed by atoms with Crippen LogP contribution in [0.15, 0.2) is 83.3 Å². The van der Waals surface area contributed by atoms with Crippen molar-refractivity contribution in [2.24, 2.45) is 0 Å². The molecule has 0 aliphatic carbocycles. The van der Waals surface area contributed by atoms with Crippen molar-refractivity contribution in [1.82, 2.24) is 0 Å². The summed E-state index contributed by atoms with van der Waals surface area (Å²) in [5, 5.41) is 0.952. The fourth-order valence-corrected chi connectivity index (χ4v) is 2.96. The van der Waals surface area contributed by atoms with Crippen molar-refractivity contribution >= 4 is 31.9 Å². The van der Waals surface area contributed by atoms with Crippen LogP contribution >= 0.6 is 31.9 Å². The third-order valence-electron chi connectivity index (χ3n) is 3.49. The molecule has 6 heteroatoms. The van der Waals surface area contributed by atoms with E-state index in [1.54, 1.807) is 0 Å². The van der Waals surface area contributed by atoms with E-state index in [0.29, 0.717) is 16.8 Å². The van der Waals surface area contributed by atoms with E-state index in [1.165, 1.54) is 11.6 Å². The molecule has 0 aliphatic rings. The van der Waals surface area contributed by atoms with Crippen molar-refractivity contribution in [3.63, 3.8) is 0 Å². The average Bonchev–Trinajstić information content (AvgIpc) is 2.68. The highest BCUT2D eigenvalue weighted by molar-refractivity contribution is 9.10. The van der Waals surface area contributed by atoms with E-state index < -0.39 is 11.7 Å². The van der Waals surface area contributed by atoms with Gasteiger partial charge in [-0.2, -0.15) is 13.2 Å². The van der Waals surface area contributed by atoms with Crippen LogP contribution < -0.4 is 4.74 Å². The molecule has 0 atom stereocenters. The summed E-state index contributed by atoms with van der Waals surface area (Å²) in [6.07, 6.45) is -4.35.